The molecule has 2 heterocycles. The van der Waals surface area contributed by atoms with Crippen molar-refractivity contribution < 1.29 is 9.53 Å². The van der Waals surface area contributed by atoms with Gasteiger partial charge in [-0.25, -0.2) is 0 Å². The molecule has 2 saturated heterocycles. The standard InChI is InChI=1S/C20H32N4O2/c1-17-5-3-4-6-19(17)24-11-9-23(10-12-24)18(2)20(25)21-7-8-22-13-15-26-16-14-22/h3-6,18H,7-16H2,1-2H3,(H,21,25). The Morgan fingerprint density at radius 1 is 1.12 bits per heavy atom. The molecule has 6 heteroatoms. The Morgan fingerprint density at radius 2 is 1.81 bits per heavy atom. The van der Waals surface area contributed by atoms with Gasteiger partial charge in [0.05, 0.1) is 19.3 Å². The number of morpholine rings is 1. The minimum atomic E-state index is -0.0706. The minimum absolute atomic E-state index is 0.0706. The van der Waals surface area contributed by atoms with Crippen LogP contribution in [-0.2, 0) is 9.53 Å². The van der Waals surface area contributed by atoms with Gasteiger partial charge in [-0.3, -0.25) is 14.6 Å². The fraction of sp³-hybridized carbons (Fsp3) is 0.650. The summed E-state index contributed by atoms with van der Waals surface area (Å²) in [6, 6.07) is 8.45. The average Bonchev–Trinajstić information content (AvgIpc) is 2.69. The Hall–Kier alpha value is -1.63. The van der Waals surface area contributed by atoms with Crippen molar-refractivity contribution in [1.82, 2.24) is 15.1 Å². The van der Waals surface area contributed by atoms with Crippen LogP contribution in [0.2, 0.25) is 0 Å². The highest BCUT2D eigenvalue weighted by molar-refractivity contribution is 5.81. The molecule has 1 aromatic carbocycles. The molecule has 3 rings (SSSR count). The zero-order chi connectivity index (χ0) is 18.4. The third kappa shape index (κ3) is 4.96. The van der Waals surface area contributed by atoms with E-state index in [1.165, 1.54) is 11.3 Å². The van der Waals surface area contributed by atoms with Gasteiger partial charge >= 0.3 is 0 Å². The van der Waals surface area contributed by atoms with Crippen molar-refractivity contribution >= 4 is 11.6 Å². The van der Waals surface area contributed by atoms with Crippen LogP contribution in [-0.4, -0.2) is 87.3 Å². The lowest BCUT2D eigenvalue weighted by Gasteiger charge is -2.39. The lowest BCUT2D eigenvalue weighted by atomic mass is 10.1. The van der Waals surface area contributed by atoms with Crippen LogP contribution in [0.25, 0.3) is 0 Å². The molecule has 1 aromatic rings. The van der Waals surface area contributed by atoms with E-state index in [9.17, 15) is 4.79 Å². The maximum Gasteiger partial charge on any atom is 0.237 e. The van der Waals surface area contributed by atoms with Gasteiger partial charge < -0.3 is 15.0 Å². The number of hydrogen-bond donors (Lipinski definition) is 1. The molecule has 0 saturated carbocycles. The van der Waals surface area contributed by atoms with Gasteiger partial charge in [0.15, 0.2) is 0 Å². The number of aryl methyl sites for hydroxylation is 1. The number of nitrogens with zero attached hydrogens (tertiary/aromatic N) is 3. The first-order valence-corrected chi connectivity index (χ1v) is 9.77. The molecule has 2 aliphatic heterocycles. The van der Waals surface area contributed by atoms with Crippen LogP contribution < -0.4 is 10.2 Å². The van der Waals surface area contributed by atoms with E-state index < -0.39 is 0 Å². The lowest BCUT2D eigenvalue weighted by molar-refractivity contribution is -0.126. The molecule has 0 bridgehead atoms. The van der Waals surface area contributed by atoms with Crippen LogP contribution in [0.5, 0.6) is 0 Å². The van der Waals surface area contributed by atoms with Crippen LogP contribution in [0.1, 0.15) is 12.5 Å². The van der Waals surface area contributed by atoms with Crippen LogP contribution >= 0.6 is 0 Å². The molecule has 26 heavy (non-hydrogen) atoms. The third-order valence-electron chi connectivity index (χ3n) is 5.53. The van der Waals surface area contributed by atoms with Crippen LogP contribution in [0, 0.1) is 6.92 Å². The van der Waals surface area contributed by atoms with E-state index in [2.05, 4.69) is 51.2 Å². The number of rotatable bonds is 6. The van der Waals surface area contributed by atoms with Gasteiger partial charge in [-0.05, 0) is 25.5 Å². The third-order valence-corrected chi connectivity index (χ3v) is 5.53. The molecule has 0 aliphatic carbocycles. The molecular formula is C20H32N4O2. The molecular weight excluding hydrogens is 328 g/mol. The summed E-state index contributed by atoms with van der Waals surface area (Å²) in [6.07, 6.45) is 0. The van der Waals surface area contributed by atoms with Gasteiger partial charge in [0.2, 0.25) is 5.91 Å². The Kier molecular flexibility index (Phi) is 6.88. The van der Waals surface area contributed by atoms with Crippen molar-refractivity contribution in [2.45, 2.75) is 19.9 Å². The number of benzene rings is 1. The summed E-state index contributed by atoms with van der Waals surface area (Å²) in [6.45, 7) is 13.1. The molecule has 2 aliphatic rings. The Balaban J connectivity index is 1.40. The molecule has 0 aromatic heterocycles. The molecule has 2 fully saturated rings. The summed E-state index contributed by atoms with van der Waals surface area (Å²) < 4.78 is 5.35. The molecule has 6 nitrogen and oxygen atoms in total. The number of para-hydroxylation sites is 1. The first-order valence-electron chi connectivity index (χ1n) is 9.77. The minimum Gasteiger partial charge on any atom is -0.379 e. The topological polar surface area (TPSA) is 48.0 Å². The van der Waals surface area contributed by atoms with Crippen LogP contribution in [0.15, 0.2) is 24.3 Å². The zero-order valence-electron chi connectivity index (χ0n) is 16.1. The first kappa shape index (κ1) is 19.1. The second-order valence-corrected chi connectivity index (χ2v) is 7.23. The Bertz CT molecular complexity index is 581. The van der Waals surface area contributed by atoms with E-state index >= 15 is 0 Å². The largest absolute Gasteiger partial charge is 0.379 e. The summed E-state index contributed by atoms with van der Waals surface area (Å²) in [5.41, 5.74) is 2.63. The van der Waals surface area contributed by atoms with Gasteiger partial charge in [0.1, 0.15) is 0 Å². The van der Waals surface area contributed by atoms with Crippen LogP contribution in [0.3, 0.4) is 0 Å². The van der Waals surface area contributed by atoms with Gasteiger partial charge in [-0.15, -0.1) is 0 Å². The van der Waals surface area contributed by atoms with Gasteiger partial charge in [-0.2, -0.15) is 0 Å². The average molecular weight is 361 g/mol. The lowest BCUT2D eigenvalue weighted by Crippen LogP contribution is -2.54. The second kappa shape index (κ2) is 9.35. The predicted octanol–water partition coefficient (Wildman–Crippen LogP) is 0.954. The predicted molar refractivity (Wildman–Crippen MR) is 105 cm³/mol. The van der Waals surface area contributed by atoms with Crippen molar-refractivity contribution in [2.24, 2.45) is 0 Å². The van der Waals surface area contributed by atoms with E-state index in [0.717, 1.165) is 59.0 Å². The fourth-order valence-corrected chi connectivity index (χ4v) is 3.74. The van der Waals surface area contributed by atoms with Gasteiger partial charge in [0, 0.05) is 58.0 Å². The molecule has 1 N–H and O–H groups in total. The number of nitrogens with one attached hydrogen (secondary N) is 1. The van der Waals surface area contributed by atoms with Crippen molar-refractivity contribution in [3.63, 3.8) is 0 Å². The van der Waals surface area contributed by atoms with Crippen molar-refractivity contribution in [2.75, 3.05) is 70.5 Å². The normalized spacial score (nSPS) is 20.8. The highest BCUT2D eigenvalue weighted by Crippen LogP contribution is 2.21. The van der Waals surface area contributed by atoms with E-state index in [0.29, 0.717) is 6.54 Å². The molecule has 0 spiro atoms. The number of hydrogen-bond acceptors (Lipinski definition) is 5. The monoisotopic (exact) mass is 360 g/mol. The first-order chi connectivity index (χ1) is 12.6. The Morgan fingerprint density at radius 3 is 2.50 bits per heavy atom. The zero-order valence-corrected chi connectivity index (χ0v) is 16.1. The quantitative estimate of drug-likeness (QED) is 0.819. The summed E-state index contributed by atoms with van der Waals surface area (Å²) >= 11 is 0. The summed E-state index contributed by atoms with van der Waals surface area (Å²) in [7, 11) is 0. The highest BCUT2D eigenvalue weighted by Gasteiger charge is 2.26. The molecule has 0 radical (unpaired) electrons. The fourth-order valence-electron chi connectivity index (χ4n) is 3.74. The maximum atomic E-state index is 12.5. The Labute approximate surface area is 157 Å². The van der Waals surface area contributed by atoms with Crippen molar-refractivity contribution in [3.05, 3.63) is 29.8 Å². The number of ether oxygens (including phenoxy) is 1. The van der Waals surface area contributed by atoms with E-state index in [1.807, 2.05) is 6.92 Å². The van der Waals surface area contributed by atoms with E-state index in [1.54, 1.807) is 0 Å². The SMILES string of the molecule is Cc1ccccc1N1CCN(C(C)C(=O)NCCN2CCOCC2)CC1. The second-order valence-electron chi connectivity index (χ2n) is 7.23. The smallest absolute Gasteiger partial charge is 0.237 e. The van der Waals surface area contributed by atoms with Crippen LogP contribution in [0.4, 0.5) is 5.69 Å². The molecule has 1 unspecified atom stereocenters. The summed E-state index contributed by atoms with van der Waals surface area (Å²) in [5, 5.41) is 3.10. The maximum absolute atomic E-state index is 12.5. The van der Waals surface area contributed by atoms with Gasteiger partial charge in [0.25, 0.3) is 0 Å². The van der Waals surface area contributed by atoms with Gasteiger partial charge in [-0.1, -0.05) is 18.2 Å². The number of carbonyl (C=O) groups is 1. The number of carbonyl (C=O) groups excluding carboxylic acids is 1. The number of anilines is 1. The molecule has 1 amide bonds. The van der Waals surface area contributed by atoms with E-state index in [4.69, 9.17) is 4.74 Å². The molecule has 144 valence electrons. The van der Waals surface area contributed by atoms with Crippen molar-refractivity contribution in [3.8, 4) is 0 Å². The van der Waals surface area contributed by atoms with E-state index in [-0.39, 0.29) is 11.9 Å². The number of amides is 1. The highest BCUT2D eigenvalue weighted by atomic mass is 16.5. The molecule has 1 atom stereocenters. The number of piperazine rings is 1. The summed E-state index contributed by atoms with van der Waals surface area (Å²) in [5.74, 6) is 0.141. The summed E-state index contributed by atoms with van der Waals surface area (Å²) in [4.78, 5) is 19.5. The van der Waals surface area contributed by atoms with Crippen molar-refractivity contribution in [1.29, 1.82) is 0 Å².